The van der Waals surface area contributed by atoms with E-state index in [1.165, 1.54) is 11.4 Å². The van der Waals surface area contributed by atoms with Crippen molar-refractivity contribution >= 4 is 10.0 Å². The van der Waals surface area contributed by atoms with Gasteiger partial charge in [-0.1, -0.05) is 0 Å². The van der Waals surface area contributed by atoms with E-state index >= 15 is 0 Å². The average Bonchev–Trinajstić information content (AvgIpc) is 3.07. The molecule has 1 saturated heterocycles. The molecule has 1 aliphatic rings. The van der Waals surface area contributed by atoms with E-state index in [4.69, 9.17) is 9.15 Å². The molecule has 0 aliphatic carbocycles. The summed E-state index contributed by atoms with van der Waals surface area (Å²) in [5.41, 5.74) is 1.94. The van der Waals surface area contributed by atoms with E-state index in [0.717, 1.165) is 17.7 Å². The van der Waals surface area contributed by atoms with Gasteiger partial charge in [0.05, 0.1) is 7.11 Å². The molecule has 1 aliphatic heterocycles. The first-order valence-corrected chi connectivity index (χ1v) is 10.4. The maximum Gasteiger partial charge on any atom is 0.246 e. The van der Waals surface area contributed by atoms with Crippen LogP contribution in [0.15, 0.2) is 21.4 Å². The van der Waals surface area contributed by atoms with Crippen molar-refractivity contribution in [1.82, 2.24) is 19.4 Å². The molecule has 0 bridgehead atoms. The van der Waals surface area contributed by atoms with Crippen LogP contribution in [-0.2, 0) is 16.4 Å². The summed E-state index contributed by atoms with van der Waals surface area (Å²) in [6.45, 7) is 8.61. The molecule has 0 saturated carbocycles. The fraction of sp³-hybridized carbons (Fsp3) is 0.556. The van der Waals surface area contributed by atoms with E-state index in [0.29, 0.717) is 50.1 Å². The van der Waals surface area contributed by atoms with Gasteiger partial charge in [0.1, 0.15) is 10.6 Å². The van der Waals surface area contributed by atoms with E-state index in [2.05, 4.69) is 15.1 Å². The zero-order chi connectivity index (χ0) is 19.6. The minimum absolute atomic E-state index is 0.239. The van der Waals surface area contributed by atoms with Crippen LogP contribution in [0.5, 0.6) is 5.75 Å². The van der Waals surface area contributed by atoms with Gasteiger partial charge in [0.15, 0.2) is 0 Å². The van der Waals surface area contributed by atoms with Crippen LogP contribution >= 0.6 is 0 Å². The van der Waals surface area contributed by atoms with Gasteiger partial charge >= 0.3 is 0 Å². The van der Waals surface area contributed by atoms with Crippen LogP contribution < -0.4 is 4.74 Å². The number of ether oxygens (including phenoxy) is 1. The molecular weight excluding hydrogens is 368 g/mol. The van der Waals surface area contributed by atoms with E-state index in [9.17, 15) is 8.42 Å². The summed E-state index contributed by atoms with van der Waals surface area (Å²) in [6.07, 6.45) is 0.665. The molecule has 2 heterocycles. The normalized spacial score (nSPS) is 16.6. The number of hydrogen-bond donors (Lipinski definition) is 0. The highest BCUT2D eigenvalue weighted by Gasteiger charge is 2.31. The lowest BCUT2D eigenvalue weighted by atomic mass is 10.1. The van der Waals surface area contributed by atoms with Crippen molar-refractivity contribution in [2.24, 2.45) is 0 Å². The quantitative estimate of drug-likeness (QED) is 0.734. The number of nitrogens with zero attached hydrogens (tertiary/aromatic N) is 4. The standard InChI is InChI=1S/C18H26N4O4S/c1-13-11-16(25-4)17(12-14(13)2)27(23,24)22-9-7-21(8-10-22)6-5-18-20-19-15(3)26-18/h11-12H,5-10H2,1-4H3. The Labute approximate surface area is 160 Å². The lowest BCUT2D eigenvalue weighted by Crippen LogP contribution is -2.49. The van der Waals surface area contributed by atoms with Crippen molar-refractivity contribution in [2.75, 3.05) is 39.8 Å². The van der Waals surface area contributed by atoms with Crippen LogP contribution in [0.2, 0.25) is 0 Å². The summed E-state index contributed by atoms with van der Waals surface area (Å²) in [5, 5.41) is 7.82. The van der Waals surface area contributed by atoms with Gasteiger partial charge in [-0.05, 0) is 37.1 Å². The number of aromatic nitrogens is 2. The summed E-state index contributed by atoms with van der Waals surface area (Å²) in [4.78, 5) is 2.45. The first kappa shape index (κ1) is 19.8. The van der Waals surface area contributed by atoms with Crippen LogP contribution in [0, 0.1) is 20.8 Å². The van der Waals surface area contributed by atoms with E-state index in [-0.39, 0.29) is 4.90 Å². The smallest absolute Gasteiger partial charge is 0.246 e. The molecule has 1 aromatic carbocycles. The molecule has 8 nitrogen and oxygen atoms in total. The lowest BCUT2D eigenvalue weighted by Gasteiger charge is -2.34. The average molecular weight is 394 g/mol. The topological polar surface area (TPSA) is 88.8 Å². The fourth-order valence-electron chi connectivity index (χ4n) is 3.15. The number of aryl methyl sites for hydroxylation is 3. The van der Waals surface area contributed by atoms with Crippen molar-refractivity contribution in [3.05, 3.63) is 35.0 Å². The number of methoxy groups -OCH3 is 1. The maximum absolute atomic E-state index is 13.1. The van der Waals surface area contributed by atoms with Crippen LogP contribution in [0.4, 0.5) is 0 Å². The molecule has 1 aromatic heterocycles. The minimum Gasteiger partial charge on any atom is -0.495 e. The van der Waals surface area contributed by atoms with Gasteiger partial charge in [0.25, 0.3) is 0 Å². The summed E-state index contributed by atoms with van der Waals surface area (Å²) >= 11 is 0. The molecule has 1 fully saturated rings. The second kappa shape index (κ2) is 7.95. The summed E-state index contributed by atoms with van der Waals surface area (Å²) in [5.74, 6) is 1.57. The van der Waals surface area contributed by atoms with Crippen molar-refractivity contribution in [3.63, 3.8) is 0 Å². The first-order valence-electron chi connectivity index (χ1n) is 8.98. The Balaban J connectivity index is 1.65. The molecule has 2 aromatic rings. The molecule has 0 unspecified atom stereocenters. The number of rotatable bonds is 6. The van der Waals surface area contributed by atoms with Crippen LogP contribution in [0.3, 0.4) is 0 Å². The summed E-state index contributed by atoms with van der Waals surface area (Å²) < 4.78 is 38.5. The molecule has 0 radical (unpaired) electrons. The van der Waals surface area contributed by atoms with E-state index in [1.807, 2.05) is 13.8 Å². The summed E-state index contributed by atoms with van der Waals surface area (Å²) in [7, 11) is -2.09. The number of benzene rings is 1. The van der Waals surface area contributed by atoms with Crippen molar-refractivity contribution in [3.8, 4) is 5.75 Å². The Morgan fingerprint density at radius 3 is 2.33 bits per heavy atom. The molecule has 0 spiro atoms. The maximum atomic E-state index is 13.1. The molecule has 9 heteroatoms. The second-order valence-corrected chi connectivity index (χ2v) is 8.70. The third kappa shape index (κ3) is 4.31. The Hall–Kier alpha value is -1.97. The third-order valence-corrected chi connectivity index (χ3v) is 6.86. The predicted molar refractivity (Wildman–Crippen MR) is 100 cm³/mol. The molecule has 148 valence electrons. The van der Waals surface area contributed by atoms with E-state index < -0.39 is 10.0 Å². The Morgan fingerprint density at radius 2 is 1.74 bits per heavy atom. The number of sulfonamides is 1. The molecule has 3 rings (SSSR count). The van der Waals surface area contributed by atoms with Gasteiger partial charge in [0, 0.05) is 46.1 Å². The van der Waals surface area contributed by atoms with Gasteiger partial charge in [-0.3, -0.25) is 0 Å². The number of hydrogen-bond acceptors (Lipinski definition) is 7. The van der Waals surface area contributed by atoms with Gasteiger partial charge in [-0.25, -0.2) is 8.42 Å². The first-order chi connectivity index (χ1) is 12.8. The second-order valence-electron chi connectivity index (χ2n) is 6.80. The highest BCUT2D eigenvalue weighted by molar-refractivity contribution is 7.89. The Morgan fingerprint density at radius 1 is 1.07 bits per heavy atom. The van der Waals surface area contributed by atoms with E-state index in [1.54, 1.807) is 19.1 Å². The molecule has 0 amide bonds. The van der Waals surface area contributed by atoms with Crippen molar-refractivity contribution in [2.45, 2.75) is 32.1 Å². The van der Waals surface area contributed by atoms with Gasteiger partial charge in [-0.15, -0.1) is 10.2 Å². The molecular formula is C18H26N4O4S. The largest absolute Gasteiger partial charge is 0.495 e. The van der Waals surface area contributed by atoms with Crippen LogP contribution in [-0.4, -0.2) is 67.7 Å². The zero-order valence-electron chi connectivity index (χ0n) is 16.2. The molecule has 27 heavy (non-hydrogen) atoms. The monoisotopic (exact) mass is 394 g/mol. The summed E-state index contributed by atoms with van der Waals surface area (Å²) in [6, 6.07) is 3.48. The Bertz CT molecular complexity index is 902. The zero-order valence-corrected chi connectivity index (χ0v) is 17.0. The van der Waals surface area contributed by atoms with Gasteiger partial charge < -0.3 is 14.1 Å². The van der Waals surface area contributed by atoms with Gasteiger partial charge in [0.2, 0.25) is 21.8 Å². The van der Waals surface area contributed by atoms with Gasteiger partial charge in [-0.2, -0.15) is 4.31 Å². The lowest BCUT2D eigenvalue weighted by molar-refractivity contribution is 0.186. The fourth-order valence-corrected chi connectivity index (χ4v) is 4.79. The third-order valence-electron chi connectivity index (χ3n) is 4.94. The van der Waals surface area contributed by atoms with Crippen molar-refractivity contribution in [1.29, 1.82) is 0 Å². The molecule has 0 N–H and O–H groups in total. The van der Waals surface area contributed by atoms with Crippen LogP contribution in [0.1, 0.15) is 22.9 Å². The minimum atomic E-state index is -3.59. The predicted octanol–water partition coefficient (Wildman–Crippen LogP) is 1.55. The highest BCUT2D eigenvalue weighted by Crippen LogP contribution is 2.30. The van der Waals surface area contributed by atoms with Crippen molar-refractivity contribution < 1.29 is 17.6 Å². The molecule has 0 atom stereocenters. The van der Waals surface area contributed by atoms with Crippen LogP contribution in [0.25, 0.3) is 0 Å². The highest BCUT2D eigenvalue weighted by atomic mass is 32.2. The SMILES string of the molecule is COc1cc(C)c(C)cc1S(=O)(=O)N1CCN(CCc2nnc(C)o2)CC1. The number of piperazine rings is 1. The Kier molecular flexibility index (Phi) is 5.83.